The van der Waals surface area contributed by atoms with Crippen LogP contribution in [0.15, 0.2) is 12.1 Å². The van der Waals surface area contributed by atoms with Gasteiger partial charge in [-0.2, -0.15) is 0 Å². The second kappa shape index (κ2) is 5.16. The van der Waals surface area contributed by atoms with E-state index in [1.165, 1.54) is 30.9 Å². The summed E-state index contributed by atoms with van der Waals surface area (Å²) in [5.74, 6) is 1.72. The van der Waals surface area contributed by atoms with Gasteiger partial charge in [-0.3, -0.25) is 0 Å². The van der Waals surface area contributed by atoms with E-state index in [2.05, 4.69) is 40.1 Å². The van der Waals surface area contributed by atoms with Crippen molar-refractivity contribution in [2.24, 2.45) is 22.7 Å². The van der Waals surface area contributed by atoms with Crippen molar-refractivity contribution in [3.63, 3.8) is 0 Å². The van der Waals surface area contributed by atoms with Gasteiger partial charge in [-0.15, -0.1) is 0 Å². The molecule has 4 rings (SSSR count). The Bertz CT molecular complexity index is 712. The van der Waals surface area contributed by atoms with Crippen molar-refractivity contribution in [1.29, 1.82) is 0 Å². The molecule has 138 valence electrons. The fourth-order valence-electron chi connectivity index (χ4n) is 7.54. The van der Waals surface area contributed by atoms with Crippen molar-refractivity contribution < 1.29 is 10.2 Å². The topological polar surface area (TPSA) is 52.5 Å². The highest BCUT2D eigenvalue weighted by Crippen LogP contribution is 2.68. The fourth-order valence-corrected chi connectivity index (χ4v) is 7.54. The number of fused-ring (bicyclic) bond motifs is 5. The maximum atomic E-state index is 10.6. The predicted molar refractivity (Wildman–Crippen MR) is 101 cm³/mol. The first-order chi connectivity index (χ1) is 11.6. The standard InChI is InChI=1S/C22H33NO2/c1-20(2)16-6-8-22(4)17(21(16,3)9-7-18(20)23-5)11-13-10-14(24)12-15(25)19(13)22/h10,12,16-18,23-25H,6-9,11H2,1-5H3/t16-,17+,18-,21-,22+/m1/s1. The zero-order valence-corrected chi connectivity index (χ0v) is 16.3. The first-order valence-electron chi connectivity index (χ1n) is 9.87. The summed E-state index contributed by atoms with van der Waals surface area (Å²) < 4.78 is 0. The summed E-state index contributed by atoms with van der Waals surface area (Å²) in [6.45, 7) is 9.77. The van der Waals surface area contributed by atoms with Gasteiger partial charge in [-0.05, 0) is 73.4 Å². The van der Waals surface area contributed by atoms with Gasteiger partial charge in [0, 0.05) is 23.1 Å². The molecule has 0 heterocycles. The molecule has 0 radical (unpaired) electrons. The van der Waals surface area contributed by atoms with Crippen LogP contribution in [0.2, 0.25) is 0 Å². The molecule has 2 saturated carbocycles. The van der Waals surface area contributed by atoms with Gasteiger partial charge < -0.3 is 15.5 Å². The average Bonchev–Trinajstić information content (AvgIpc) is 2.80. The molecule has 0 bridgehead atoms. The van der Waals surface area contributed by atoms with Gasteiger partial charge in [0.15, 0.2) is 0 Å². The molecule has 0 unspecified atom stereocenters. The summed E-state index contributed by atoms with van der Waals surface area (Å²) >= 11 is 0. The summed E-state index contributed by atoms with van der Waals surface area (Å²) in [6, 6.07) is 4.00. The van der Waals surface area contributed by atoms with Crippen LogP contribution in [0, 0.1) is 22.7 Å². The van der Waals surface area contributed by atoms with Crippen LogP contribution in [0.1, 0.15) is 64.5 Å². The van der Waals surface area contributed by atoms with Crippen molar-refractivity contribution in [3.05, 3.63) is 23.3 Å². The molecule has 0 aliphatic heterocycles. The molecule has 3 nitrogen and oxygen atoms in total. The molecule has 0 aromatic heterocycles. The lowest BCUT2D eigenvalue weighted by atomic mass is 9.42. The van der Waals surface area contributed by atoms with Gasteiger partial charge in [0.05, 0.1) is 0 Å². The third-order valence-electron chi connectivity index (χ3n) is 8.61. The van der Waals surface area contributed by atoms with Crippen LogP contribution in [-0.2, 0) is 11.8 Å². The lowest BCUT2D eigenvalue weighted by molar-refractivity contribution is -0.112. The average molecular weight is 344 g/mol. The van der Waals surface area contributed by atoms with Gasteiger partial charge in [0.2, 0.25) is 0 Å². The molecule has 1 aromatic rings. The Morgan fingerprint density at radius 2 is 1.72 bits per heavy atom. The normalized spacial score (nSPS) is 41.7. The van der Waals surface area contributed by atoms with E-state index in [0.717, 1.165) is 18.4 Å². The Morgan fingerprint density at radius 1 is 1.00 bits per heavy atom. The monoisotopic (exact) mass is 343 g/mol. The number of aromatic hydroxyl groups is 2. The molecule has 3 aliphatic rings. The molecule has 1 aromatic carbocycles. The highest BCUT2D eigenvalue weighted by molar-refractivity contribution is 5.54. The molecule has 2 fully saturated rings. The summed E-state index contributed by atoms with van der Waals surface area (Å²) in [6.07, 6.45) is 5.79. The molecule has 3 N–H and O–H groups in total. The van der Waals surface area contributed by atoms with E-state index >= 15 is 0 Å². The number of rotatable bonds is 1. The molecule has 5 atom stereocenters. The lowest BCUT2D eigenvalue weighted by Crippen LogP contribution is -2.61. The van der Waals surface area contributed by atoms with Crippen molar-refractivity contribution in [2.75, 3.05) is 7.05 Å². The quantitative estimate of drug-likeness (QED) is 0.710. The van der Waals surface area contributed by atoms with Crippen LogP contribution in [0.5, 0.6) is 11.5 Å². The Labute approximate surface area is 151 Å². The summed E-state index contributed by atoms with van der Waals surface area (Å²) in [5.41, 5.74) is 2.87. The number of nitrogens with one attached hydrogen (secondary N) is 1. The zero-order valence-electron chi connectivity index (χ0n) is 16.3. The fraction of sp³-hybridized carbons (Fsp3) is 0.727. The maximum Gasteiger partial charge on any atom is 0.123 e. The third-order valence-corrected chi connectivity index (χ3v) is 8.61. The van der Waals surface area contributed by atoms with Gasteiger partial charge in [-0.25, -0.2) is 0 Å². The van der Waals surface area contributed by atoms with Gasteiger partial charge in [0.25, 0.3) is 0 Å². The minimum atomic E-state index is 0.0287. The maximum absolute atomic E-state index is 10.6. The van der Waals surface area contributed by atoms with Crippen LogP contribution in [-0.4, -0.2) is 23.3 Å². The minimum Gasteiger partial charge on any atom is -0.508 e. The van der Waals surface area contributed by atoms with Crippen molar-refractivity contribution in [3.8, 4) is 11.5 Å². The molecule has 0 saturated heterocycles. The molecular weight excluding hydrogens is 310 g/mol. The number of hydrogen-bond acceptors (Lipinski definition) is 3. The van der Waals surface area contributed by atoms with Gasteiger partial charge >= 0.3 is 0 Å². The van der Waals surface area contributed by atoms with E-state index in [1.807, 2.05) is 6.07 Å². The summed E-state index contributed by atoms with van der Waals surface area (Å²) in [4.78, 5) is 0. The first-order valence-corrected chi connectivity index (χ1v) is 9.87. The van der Waals surface area contributed by atoms with Gasteiger partial charge in [0.1, 0.15) is 11.5 Å². The number of benzene rings is 1. The van der Waals surface area contributed by atoms with Gasteiger partial charge in [-0.1, -0.05) is 27.7 Å². The van der Waals surface area contributed by atoms with Crippen LogP contribution in [0.3, 0.4) is 0 Å². The SMILES string of the molecule is CN[C@@H]1CC[C@]2(C)[C@H](CC[C@]3(C)c4c(O)cc(O)cc4C[C@@H]23)C1(C)C. The smallest absolute Gasteiger partial charge is 0.123 e. The molecule has 3 aliphatic carbocycles. The minimum absolute atomic E-state index is 0.0287. The summed E-state index contributed by atoms with van der Waals surface area (Å²) in [5, 5.41) is 24.2. The molecule has 25 heavy (non-hydrogen) atoms. The lowest BCUT2D eigenvalue weighted by Gasteiger charge is -2.63. The molecule has 0 spiro atoms. The van der Waals surface area contributed by atoms with Crippen molar-refractivity contribution in [2.45, 2.75) is 71.3 Å². The molecule has 0 amide bonds. The highest BCUT2D eigenvalue weighted by Gasteiger charge is 2.63. The van der Waals surface area contributed by atoms with E-state index in [-0.39, 0.29) is 22.0 Å². The van der Waals surface area contributed by atoms with E-state index in [9.17, 15) is 10.2 Å². The van der Waals surface area contributed by atoms with E-state index in [4.69, 9.17) is 0 Å². The second-order valence-corrected chi connectivity index (χ2v) is 9.97. The molecular formula is C22H33NO2. The molecule has 3 heteroatoms. The third kappa shape index (κ3) is 2.08. The predicted octanol–water partition coefficient (Wildman–Crippen LogP) is 4.35. The number of phenols is 2. The first kappa shape index (κ1) is 17.2. The second-order valence-electron chi connectivity index (χ2n) is 9.97. The van der Waals surface area contributed by atoms with Crippen LogP contribution < -0.4 is 5.32 Å². The van der Waals surface area contributed by atoms with E-state index in [1.54, 1.807) is 0 Å². The Balaban J connectivity index is 1.80. The van der Waals surface area contributed by atoms with Crippen molar-refractivity contribution >= 4 is 0 Å². The Morgan fingerprint density at radius 3 is 2.40 bits per heavy atom. The summed E-state index contributed by atoms with van der Waals surface area (Å²) in [7, 11) is 2.11. The largest absolute Gasteiger partial charge is 0.508 e. The Hall–Kier alpha value is -1.22. The van der Waals surface area contributed by atoms with Crippen molar-refractivity contribution in [1.82, 2.24) is 5.32 Å². The zero-order chi connectivity index (χ0) is 18.2. The Kier molecular flexibility index (Phi) is 3.55. The number of phenolic OH excluding ortho intramolecular Hbond substituents is 2. The number of hydrogen-bond donors (Lipinski definition) is 3. The highest BCUT2D eigenvalue weighted by atomic mass is 16.3. The van der Waals surface area contributed by atoms with E-state index < -0.39 is 0 Å². The van der Waals surface area contributed by atoms with E-state index in [0.29, 0.717) is 23.6 Å². The van der Waals surface area contributed by atoms with Crippen LogP contribution >= 0.6 is 0 Å². The van der Waals surface area contributed by atoms with Crippen LogP contribution in [0.4, 0.5) is 0 Å². The van der Waals surface area contributed by atoms with Crippen LogP contribution in [0.25, 0.3) is 0 Å².